The average Bonchev–Trinajstić information content (AvgIpc) is 2.82. The smallest absolute Gasteiger partial charge is 0.313 e. The molecule has 0 spiro atoms. The van der Waals surface area contributed by atoms with E-state index in [1.807, 2.05) is 18.2 Å². The largest absolute Gasteiger partial charge is 0.379 e. The molecule has 0 aliphatic carbocycles. The molecule has 2 amide bonds. The molecule has 166 valence electrons. The number of morpholine rings is 1. The van der Waals surface area contributed by atoms with E-state index >= 15 is 0 Å². The molecule has 0 bridgehead atoms. The van der Waals surface area contributed by atoms with Crippen LogP contribution in [-0.4, -0.2) is 49.6 Å². The summed E-state index contributed by atoms with van der Waals surface area (Å²) in [7, 11) is 0. The molecule has 3 aromatic rings. The predicted molar refractivity (Wildman–Crippen MR) is 122 cm³/mol. The van der Waals surface area contributed by atoms with Gasteiger partial charge >= 0.3 is 11.8 Å². The minimum atomic E-state index is -0.841. The van der Waals surface area contributed by atoms with Crippen LogP contribution < -0.4 is 10.6 Å². The lowest BCUT2D eigenvalue weighted by Crippen LogP contribution is -2.45. The Labute approximate surface area is 190 Å². The Morgan fingerprint density at radius 3 is 2.56 bits per heavy atom. The molecule has 8 heteroatoms. The minimum Gasteiger partial charge on any atom is -0.379 e. The summed E-state index contributed by atoms with van der Waals surface area (Å²) in [5.74, 6) is -2.21. The number of amides is 2. The van der Waals surface area contributed by atoms with Crippen LogP contribution >= 0.6 is 11.6 Å². The lowest BCUT2D eigenvalue weighted by atomic mass is 9.97. The molecular formula is C24H23ClFN3O3. The van der Waals surface area contributed by atoms with Crippen LogP contribution in [0.1, 0.15) is 11.6 Å². The summed E-state index contributed by atoms with van der Waals surface area (Å²) in [5, 5.41) is 7.28. The highest BCUT2D eigenvalue weighted by Gasteiger charge is 2.26. The van der Waals surface area contributed by atoms with Gasteiger partial charge in [-0.25, -0.2) is 4.39 Å². The van der Waals surface area contributed by atoms with Crippen molar-refractivity contribution in [3.63, 3.8) is 0 Å². The zero-order chi connectivity index (χ0) is 22.5. The number of fused-ring (bicyclic) bond motifs is 1. The number of rotatable bonds is 5. The summed E-state index contributed by atoms with van der Waals surface area (Å²) in [6, 6.07) is 17.8. The number of benzene rings is 3. The molecule has 0 aromatic heterocycles. The Balaban J connectivity index is 1.50. The summed E-state index contributed by atoms with van der Waals surface area (Å²) in [6.07, 6.45) is 0. The predicted octanol–water partition coefficient (Wildman–Crippen LogP) is 3.76. The highest BCUT2D eigenvalue weighted by molar-refractivity contribution is 6.39. The molecule has 6 nitrogen and oxygen atoms in total. The van der Waals surface area contributed by atoms with Crippen molar-refractivity contribution in [1.29, 1.82) is 0 Å². The standard InChI is InChI=1S/C24H23ClFN3O3/c25-20-14-17(8-9-21(20)26)28-24(31)23(30)27-15-22(29-10-12-32-13-11-29)19-7-3-5-16-4-1-2-6-18(16)19/h1-9,14,22H,10-13,15H2,(H,27,30)(H,28,31)/t22-/m0/s1. The number of halogens is 2. The fraction of sp³-hybridized carbons (Fsp3) is 0.250. The molecule has 1 atom stereocenters. The van der Waals surface area contributed by atoms with E-state index in [4.69, 9.17) is 16.3 Å². The monoisotopic (exact) mass is 455 g/mol. The van der Waals surface area contributed by atoms with E-state index < -0.39 is 17.6 Å². The summed E-state index contributed by atoms with van der Waals surface area (Å²) < 4.78 is 18.8. The van der Waals surface area contributed by atoms with Gasteiger partial charge in [0.1, 0.15) is 5.82 Å². The van der Waals surface area contributed by atoms with Gasteiger partial charge in [0.25, 0.3) is 0 Å². The quantitative estimate of drug-likeness (QED) is 0.575. The summed E-state index contributed by atoms with van der Waals surface area (Å²) in [6.45, 7) is 2.93. The van der Waals surface area contributed by atoms with Crippen LogP contribution in [0.2, 0.25) is 5.02 Å². The van der Waals surface area contributed by atoms with Crippen LogP contribution in [0, 0.1) is 5.82 Å². The molecule has 1 heterocycles. The van der Waals surface area contributed by atoms with Crippen molar-refractivity contribution in [2.75, 3.05) is 38.2 Å². The number of hydrogen-bond donors (Lipinski definition) is 2. The molecule has 0 saturated carbocycles. The van der Waals surface area contributed by atoms with Crippen molar-refractivity contribution in [2.24, 2.45) is 0 Å². The maximum absolute atomic E-state index is 13.3. The lowest BCUT2D eigenvalue weighted by molar-refractivity contribution is -0.136. The highest BCUT2D eigenvalue weighted by Crippen LogP contribution is 2.28. The fourth-order valence-corrected chi connectivity index (χ4v) is 4.08. The number of nitrogens with one attached hydrogen (secondary N) is 2. The summed E-state index contributed by atoms with van der Waals surface area (Å²) >= 11 is 5.74. The van der Waals surface area contributed by atoms with Gasteiger partial charge in [0, 0.05) is 25.3 Å². The highest BCUT2D eigenvalue weighted by atomic mass is 35.5. The van der Waals surface area contributed by atoms with Crippen molar-refractivity contribution >= 4 is 39.9 Å². The van der Waals surface area contributed by atoms with E-state index in [-0.39, 0.29) is 23.3 Å². The topological polar surface area (TPSA) is 70.7 Å². The molecule has 1 saturated heterocycles. The molecule has 1 fully saturated rings. The first kappa shape index (κ1) is 22.2. The lowest BCUT2D eigenvalue weighted by Gasteiger charge is -2.35. The van der Waals surface area contributed by atoms with Gasteiger partial charge in [0.15, 0.2) is 0 Å². The van der Waals surface area contributed by atoms with E-state index in [0.717, 1.165) is 35.5 Å². The first-order chi connectivity index (χ1) is 15.5. The van der Waals surface area contributed by atoms with Crippen molar-refractivity contribution in [3.05, 3.63) is 77.1 Å². The van der Waals surface area contributed by atoms with Gasteiger partial charge in [0.2, 0.25) is 0 Å². The Bertz CT molecular complexity index is 1130. The number of carbonyl (C=O) groups is 2. The fourth-order valence-electron chi connectivity index (χ4n) is 3.90. The second kappa shape index (κ2) is 10.1. The maximum atomic E-state index is 13.3. The number of carbonyl (C=O) groups excluding carboxylic acids is 2. The molecule has 32 heavy (non-hydrogen) atoms. The third-order valence-corrected chi connectivity index (χ3v) is 5.80. The summed E-state index contributed by atoms with van der Waals surface area (Å²) in [4.78, 5) is 27.1. The summed E-state index contributed by atoms with van der Waals surface area (Å²) in [5.41, 5.74) is 1.33. The third kappa shape index (κ3) is 5.07. The Hall–Kier alpha value is -3.00. The Morgan fingerprint density at radius 1 is 1.03 bits per heavy atom. The first-order valence-corrected chi connectivity index (χ1v) is 10.7. The van der Waals surface area contributed by atoms with Crippen LogP contribution in [0.15, 0.2) is 60.7 Å². The number of hydrogen-bond acceptors (Lipinski definition) is 4. The van der Waals surface area contributed by atoms with Crippen molar-refractivity contribution in [2.45, 2.75) is 6.04 Å². The Kier molecular flexibility index (Phi) is 6.99. The van der Waals surface area contributed by atoms with Gasteiger partial charge < -0.3 is 15.4 Å². The van der Waals surface area contributed by atoms with Crippen LogP contribution in [0.5, 0.6) is 0 Å². The van der Waals surface area contributed by atoms with Gasteiger partial charge in [-0.1, -0.05) is 54.1 Å². The van der Waals surface area contributed by atoms with Gasteiger partial charge in [-0.05, 0) is 34.5 Å². The molecule has 1 aliphatic heterocycles. The molecule has 0 unspecified atom stereocenters. The van der Waals surface area contributed by atoms with Crippen molar-refractivity contribution in [1.82, 2.24) is 10.2 Å². The molecule has 0 radical (unpaired) electrons. The molecule has 3 aromatic carbocycles. The second-order valence-corrected chi connectivity index (χ2v) is 7.93. The van der Waals surface area contributed by atoms with Crippen LogP contribution in [0.25, 0.3) is 10.8 Å². The average molecular weight is 456 g/mol. The van der Waals surface area contributed by atoms with Crippen LogP contribution in [-0.2, 0) is 14.3 Å². The molecular weight excluding hydrogens is 433 g/mol. The van der Waals surface area contributed by atoms with E-state index in [1.165, 1.54) is 12.1 Å². The van der Waals surface area contributed by atoms with E-state index in [0.29, 0.717) is 13.2 Å². The third-order valence-electron chi connectivity index (χ3n) is 5.51. The van der Waals surface area contributed by atoms with E-state index in [1.54, 1.807) is 0 Å². The second-order valence-electron chi connectivity index (χ2n) is 7.53. The van der Waals surface area contributed by atoms with Crippen LogP contribution in [0.3, 0.4) is 0 Å². The van der Waals surface area contributed by atoms with Gasteiger partial charge in [-0.15, -0.1) is 0 Å². The molecule has 2 N–H and O–H groups in total. The van der Waals surface area contributed by atoms with Gasteiger partial charge in [-0.2, -0.15) is 0 Å². The molecule has 1 aliphatic rings. The van der Waals surface area contributed by atoms with Gasteiger partial charge in [0.05, 0.1) is 24.3 Å². The van der Waals surface area contributed by atoms with E-state index in [2.05, 4.69) is 39.8 Å². The number of anilines is 1. The van der Waals surface area contributed by atoms with Crippen molar-refractivity contribution < 1.29 is 18.7 Å². The van der Waals surface area contributed by atoms with Crippen molar-refractivity contribution in [3.8, 4) is 0 Å². The molecule has 4 rings (SSSR count). The van der Waals surface area contributed by atoms with Crippen LogP contribution in [0.4, 0.5) is 10.1 Å². The zero-order valence-electron chi connectivity index (χ0n) is 17.3. The van der Waals surface area contributed by atoms with E-state index in [9.17, 15) is 14.0 Å². The number of ether oxygens (including phenoxy) is 1. The minimum absolute atomic E-state index is 0.123. The zero-order valence-corrected chi connectivity index (χ0v) is 18.1. The van der Waals surface area contributed by atoms with Gasteiger partial charge in [-0.3, -0.25) is 14.5 Å². The first-order valence-electron chi connectivity index (χ1n) is 10.4. The number of nitrogens with zero attached hydrogens (tertiary/aromatic N) is 1. The SMILES string of the molecule is O=C(NC[C@@H](c1cccc2ccccc12)N1CCOCC1)C(=O)Nc1ccc(F)c(Cl)c1. The normalized spacial score (nSPS) is 15.3. The maximum Gasteiger partial charge on any atom is 0.313 e. The Morgan fingerprint density at radius 2 is 1.78 bits per heavy atom.